The SMILES string of the molecule is C[C@H]1OCC2(CCCCC2)[C@H]1N[S+]([O-])C(C)(C)C. The molecule has 1 saturated carbocycles. The maximum absolute atomic E-state index is 12.3. The van der Waals surface area contributed by atoms with E-state index in [2.05, 4.69) is 11.6 Å². The molecule has 106 valence electrons. The molecule has 0 aromatic rings. The zero-order valence-corrected chi connectivity index (χ0v) is 12.9. The van der Waals surface area contributed by atoms with Crippen LogP contribution in [0.4, 0.5) is 0 Å². The zero-order chi connectivity index (χ0) is 13.4. The topological polar surface area (TPSA) is 44.3 Å². The van der Waals surface area contributed by atoms with Gasteiger partial charge in [-0.2, -0.15) is 0 Å². The van der Waals surface area contributed by atoms with Crippen molar-refractivity contribution in [1.82, 2.24) is 4.72 Å². The van der Waals surface area contributed by atoms with Gasteiger partial charge in [-0.1, -0.05) is 19.3 Å². The largest absolute Gasteiger partial charge is 0.598 e. The Balaban J connectivity index is 2.08. The van der Waals surface area contributed by atoms with Gasteiger partial charge >= 0.3 is 0 Å². The molecule has 0 aromatic carbocycles. The third-order valence-corrected chi connectivity index (χ3v) is 5.98. The molecular formula is C14H27NO2S. The maximum Gasteiger partial charge on any atom is 0.136 e. The van der Waals surface area contributed by atoms with Crippen LogP contribution in [-0.4, -0.2) is 28.1 Å². The predicted octanol–water partition coefficient (Wildman–Crippen LogP) is 2.78. The minimum atomic E-state index is -1.01. The quantitative estimate of drug-likeness (QED) is 0.787. The fourth-order valence-corrected chi connectivity index (χ4v) is 4.23. The molecule has 1 unspecified atom stereocenters. The smallest absolute Gasteiger partial charge is 0.136 e. The van der Waals surface area contributed by atoms with Gasteiger partial charge in [-0.3, -0.25) is 0 Å². The number of rotatable bonds is 2. The van der Waals surface area contributed by atoms with Crippen LogP contribution in [0.3, 0.4) is 0 Å². The first-order valence-corrected chi connectivity index (χ1v) is 8.30. The molecule has 2 fully saturated rings. The Bertz CT molecular complexity index is 278. The molecule has 1 aliphatic heterocycles. The van der Waals surface area contributed by atoms with Crippen LogP contribution in [0.25, 0.3) is 0 Å². The van der Waals surface area contributed by atoms with E-state index in [1.807, 2.05) is 20.8 Å². The minimum Gasteiger partial charge on any atom is -0.598 e. The monoisotopic (exact) mass is 273 g/mol. The standard InChI is InChI=1S/C14H27NO2S/c1-11-12(15-18(16)13(2,3)4)14(10-17-11)8-6-5-7-9-14/h11-12,15H,5-10H2,1-4H3/t11-,12+,18?/m1/s1. The summed E-state index contributed by atoms with van der Waals surface area (Å²) in [5.41, 5.74) is 0.235. The number of hydrogen-bond acceptors (Lipinski definition) is 3. The van der Waals surface area contributed by atoms with Gasteiger partial charge in [0, 0.05) is 16.8 Å². The van der Waals surface area contributed by atoms with Crippen LogP contribution in [0.2, 0.25) is 0 Å². The second-order valence-electron chi connectivity index (χ2n) is 6.92. The van der Waals surface area contributed by atoms with Crippen LogP contribution in [0.1, 0.15) is 59.8 Å². The number of nitrogens with one attached hydrogen (secondary N) is 1. The normalized spacial score (nSPS) is 33.8. The third-order valence-electron chi connectivity index (χ3n) is 4.40. The Morgan fingerprint density at radius 1 is 1.22 bits per heavy atom. The molecule has 0 amide bonds. The van der Waals surface area contributed by atoms with E-state index in [-0.39, 0.29) is 22.3 Å². The summed E-state index contributed by atoms with van der Waals surface area (Å²) in [6.45, 7) is 9.01. The lowest BCUT2D eigenvalue weighted by atomic mass is 9.70. The highest BCUT2D eigenvalue weighted by Gasteiger charge is 2.51. The van der Waals surface area contributed by atoms with Crippen molar-refractivity contribution in [1.29, 1.82) is 0 Å². The van der Waals surface area contributed by atoms with Gasteiger partial charge in [0.15, 0.2) is 0 Å². The van der Waals surface area contributed by atoms with Crippen molar-refractivity contribution < 1.29 is 9.29 Å². The fourth-order valence-electron chi connectivity index (χ4n) is 3.21. The average Bonchev–Trinajstić information content (AvgIpc) is 2.58. The Hall–Kier alpha value is 0.230. The van der Waals surface area contributed by atoms with Crippen molar-refractivity contribution in [3.8, 4) is 0 Å². The maximum atomic E-state index is 12.3. The van der Waals surface area contributed by atoms with Gasteiger partial charge in [0.25, 0.3) is 0 Å². The van der Waals surface area contributed by atoms with Gasteiger partial charge < -0.3 is 9.29 Å². The first kappa shape index (κ1) is 14.6. The lowest BCUT2D eigenvalue weighted by molar-refractivity contribution is 0.0926. The third kappa shape index (κ3) is 2.87. The second kappa shape index (κ2) is 5.31. The predicted molar refractivity (Wildman–Crippen MR) is 75.8 cm³/mol. The summed E-state index contributed by atoms with van der Waals surface area (Å²) < 4.78 is 21.4. The fraction of sp³-hybridized carbons (Fsp3) is 1.00. The molecule has 1 N–H and O–H groups in total. The highest BCUT2D eigenvalue weighted by atomic mass is 32.2. The van der Waals surface area contributed by atoms with Crippen molar-refractivity contribution >= 4 is 11.4 Å². The van der Waals surface area contributed by atoms with E-state index in [0.717, 1.165) is 6.61 Å². The van der Waals surface area contributed by atoms with Crippen LogP contribution in [0.5, 0.6) is 0 Å². The van der Waals surface area contributed by atoms with Gasteiger partial charge in [-0.25, -0.2) is 0 Å². The summed E-state index contributed by atoms with van der Waals surface area (Å²) in [4.78, 5) is 0. The Labute approximate surface area is 114 Å². The summed E-state index contributed by atoms with van der Waals surface area (Å²) in [6, 6.07) is 0.248. The summed E-state index contributed by atoms with van der Waals surface area (Å²) in [5, 5.41) is 0. The molecule has 18 heavy (non-hydrogen) atoms. The average molecular weight is 273 g/mol. The molecular weight excluding hydrogens is 246 g/mol. The van der Waals surface area contributed by atoms with Crippen LogP contribution in [0, 0.1) is 5.41 Å². The Morgan fingerprint density at radius 2 is 1.83 bits per heavy atom. The highest BCUT2D eigenvalue weighted by Crippen LogP contribution is 2.45. The van der Waals surface area contributed by atoms with Gasteiger partial charge in [0.1, 0.15) is 4.75 Å². The van der Waals surface area contributed by atoms with E-state index in [4.69, 9.17) is 4.74 Å². The van der Waals surface area contributed by atoms with Crippen molar-refractivity contribution in [3.05, 3.63) is 0 Å². The number of hydrogen-bond donors (Lipinski definition) is 1. The molecule has 2 rings (SSSR count). The van der Waals surface area contributed by atoms with E-state index in [1.54, 1.807) is 0 Å². The molecule has 0 radical (unpaired) electrons. The molecule has 3 nitrogen and oxygen atoms in total. The second-order valence-corrected chi connectivity index (χ2v) is 8.91. The van der Waals surface area contributed by atoms with E-state index in [1.165, 1.54) is 32.1 Å². The molecule has 0 aromatic heterocycles. The highest BCUT2D eigenvalue weighted by molar-refractivity contribution is 7.90. The zero-order valence-electron chi connectivity index (χ0n) is 12.1. The van der Waals surface area contributed by atoms with Gasteiger partial charge in [-0.05, 0) is 40.5 Å². The van der Waals surface area contributed by atoms with Crippen molar-refractivity contribution in [2.45, 2.75) is 76.7 Å². The van der Waals surface area contributed by atoms with E-state index in [9.17, 15) is 4.55 Å². The van der Waals surface area contributed by atoms with Crippen molar-refractivity contribution in [2.24, 2.45) is 5.41 Å². The molecule has 3 atom stereocenters. The van der Waals surface area contributed by atoms with Crippen molar-refractivity contribution in [2.75, 3.05) is 6.61 Å². The summed E-state index contributed by atoms with van der Waals surface area (Å²) in [7, 11) is 0. The van der Waals surface area contributed by atoms with E-state index < -0.39 is 11.4 Å². The van der Waals surface area contributed by atoms with Crippen LogP contribution >= 0.6 is 0 Å². The summed E-state index contributed by atoms with van der Waals surface area (Å²) in [6.07, 6.45) is 6.53. The van der Waals surface area contributed by atoms with E-state index >= 15 is 0 Å². The molecule has 1 saturated heterocycles. The first-order valence-electron chi connectivity index (χ1n) is 7.15. The lowest BCUT2D eigenvalue weighted by Crippen LogP contribution is -2.54. The van der Waals surface area contributed by atoms with E-state index in [0.29, 0.717) is 0 Å². The Morgan fingerprint density at radius 3 is 2.39 bits per heavy atom. The first-order chi connectivity index (χ1) is 8.35. The summed E-state index contributed by atoms with van der Waals surface area (Å²) >= 11 is -1.01. The van der Waals surface area contributed by atoms with Crippen LogP contribution < -0.4 is 4.72 Å². The van der Waals surface area contributed by atoms with Gasteiger partial charge in [0.05, 0.1) is 18.8 Å². The van der Waals surface area contributed by atoms with Crippen LogP contribution in [-0.2, 0) is 16.1 Å². The molecule has 0 bridgehead atoms. The van der Waals surface area contributed by atoms with Gasteiger partial charge in [-0.15, -0.1) is 4.72 Å². The minimum absolute atomic E-state index is 0.175. The molecule has 1 spiro atoms. The number of ether oxygens (including phenoxy) is 1. The van der Waals surface area contributed by atoms with Gasteiger partial charge in [0.2, 0.25) is 0 Å². The van der Waals surface area contributed by atoms with Crippen LogP contribution in [0.15, 0.2) is 0 Å². The molecule has 1 aliphatic carbocycles. The molecule has 4 heteroatoms. The van der Waals surface area contributed by atoms with Crippen molar-refractivity contribution in [3.63, 3.8) is 0 Å². The Kier molecular flexibility index (Phi) is 4.32. The summed E-state index contributed by atoms with van der Waals surface area (Å²) in [5.74, 6) is 0. The molecule has 1 heterocycles. The molecule has 2 aliphatic rings. The lowest BCUT2D eigenvalue weighted by Gasteiger charge is -2.39.